The van der Waals surface area contributed by atoms with Gasteiger partial charge < -0.3 is 5.32 Å². The Morgan fingerprint density at radius 2 is 2.15 bits per heavy atom. The summed E-state index contributed by atoms with van der Waals surface area (Å²) >= 11 is 0. The van der Waals surface area contributed by atoms with Crippen molar-refractivity contribution < 1.29 is 0 Å². The molecule has 2 aliphatic rings. The molecule has 4 nitrogen and oxygen atoms in total. The molecule has 0 amide bonds. The maximum atomic E-state index is 4.53. The van der Waals surface area contributed by atoms with E-state index in [-0.39, 0.29) is 0 Å². The Kier molecular flexibility index (Phi) is 4.63. The summed E-state index contributed by atoms with van der Waals surface area (Å²) in [6.45, 7) is 6.35. The Morgan fingerprint density at radius 1 is 1.30 bits per heavy atom. The normalized spacial score (nSPS) is 25.8. The van der Waals surface area contributed by atoms with Gasteiger partial charge in [-0.05, 0) is 31.7 Å². The molecule has 0 bridgehead atoms. The minimum Gasteiger partial charge on any atom is -0.311 e. The van der Waals surface area contributed by atoms with E-state index in [0.717, 1.165) is 37.1 Å². The molecule has 3 rings (SSSR count). The molecule has 0 radical (unpaired) electrons. The van der Waals surface area contributed by atoms with Crippen molar-refractivity contribution in [2.24, 2.45) is 5.92 Å². The van der Waals surface area contributed by atoms with Crippen LogP contribution in [0.25, 0.3) is 0 Å². The van der Waals surface area contributed by atoms with E-state index in [1.165, 1.54) is 38.6 Å². The SMILES string of the molecule is Cc1nccc(CN2CCNC(C3CCCCC3)C2)n1. The molecule has 4 heteroatoms. The lowest BCUT2D eigenvalue weighted by Gasteiger charge is -2.39. The predicted octanol–water partition coefficient (Wildman–Crippen LogP) is 2.14. The molecule has 20 heavy (non-hydrogen) atoms. The van der Waals surface area contributed by atoms with Crippen LogP contribution in [0.1, 0.15) is 43.6 Å². The quantitative estimate of drug-likeness (QED) is 0.917. The number of nitrogens with zero attached hydrogens (tertiary/aromatic N) is 3. The lowest BCUT2D eigenvalue weighted by molar-refractivity contribution is 0.140. The van der Waals surface area contributed by atoms with E-state index in [4.69, 9.17) is 0 Å². The summed E-state index contributed by atoms with van der Waals surface area (Å²) < 4.78 is 0. The zero-order chi connectivity index (χ0) is 13.8. The molecule has 1 atom stereocenters. The van der Waals surface area contributed by atoms with Gasteiger partial charge in [-0.3, -0.25) is 4.90 Å². The van der Waals surface area contributed by atoms with Crippen molar-refractivity contribution >= 4 is 0 Å². The number of hydrogen-bond acceptors (Lipinski definition) is 4. The third-order valence-electron chi connectivity index (χ3n) is 4.73. The van der Waals surface area contributed by atoms with Crippen LogP contribution in [0, 0.1) is 12.8 Å². The van der Waals surface area contributed by atoms with Crippen LogP contribution in [0.3, 0.4) is 0 Å². The van der Waals surface area contributed by atoms with E-state index in [1.807, 2.05) is 19.2 Å². The topological polar surface area (TPSA) is 41.1 Å². The van der Waals surface area contributed by atoms with Crippen LogP contribution in [0.4, 0.5) is 0 Å². The van der Waals surface area contributed by atoms with Crippen molar-refractivity contribution in [1.82, 2.24) is 20.2 Å². The predicted molar refractivity (Wildman–Crippen MR) is 80.4 cm³/mol. The van der Waals surface area contributed by atoms with Gasteiger partial charge in [-0.25, -0.2) is 9.97 Å². The summed E-state index contributed by atoms with van der Waals surface area (Å²) in [7, 11) is 0. The van der Waals surface area contributed by atoms with Crippen LogP contribution in [0.15, 0.2) is 12.3 Å². The first-order valence-corrected chi connectivity index (χ1v) is 8.05. The van der Waals surface area contributed by atoms with Gasteiger partial charge in [0.15, 0.2) is 0 Å². The molecule has 1 aliphatic heterocycles. The second-order valence-electron chi connectivity index (χ2n) is 6.29. The second kappa shape index (κ2) is 6.64. The maximum absolute atomic E-state index is 4.53. The van der Waals surface area contributed by atoms with Crippen LogP contribution in [-0.2, 0) is 6.54 Å². The molecule has 110 valence electrons. The standard InChI is InChI=1S/C16H26N4/c1-13-17-8-7-15(19-13)11-20-10-9-18-16(12-20)14-5-3-2-4-6-14/h7-8,14,16,18H,2-6,9-12H2,1H3. The van der Waals surface area contributed by atoms with E-state index in [2.05, 4.69) is 20.2 Å². The molecule has 1 aliphatic carbocycles. The van der Waals surface area contributed by atoms with Crippen molar-refractivity contribution in [1.29, 1.82) is 0 Å². The van der Waals surface area contributed by atoms with Crippen molar-refractivity contribution in [2.75, 3.05) is 19.6 Å². The highest BCUT2D eigenvalue weighted by molar-refractivity contribution is 5.02. The van der Waals surface area contributed by atoms with Gasteiger partial charge in [0.25, 0.3) is 0 Å². The minimum absolute atomic E-state index is 0.687. The summed E-state index contributed by atoms with van der Waals surface area (Å²) in [5, 5.41) is 3.74. The molecule has 1 aromatic heterocycles. The number of rotatable bonds is 3. The fourth-order valence-corrected chi connectivity index (χ4v) is 3.66. The van der Waals surface area contributed by atoms with Crippen molar-refractivity contribution in [3.8, 4) is 0 Å². The fraction of sp³-hybridized carbons (Fsp3) is 0.750. The van der Waals surface area contributed by atoms with Crippen molar-refractivity contribution in [2.45, 2.75) is 51.6 Å². The summed E-state index contributed by atoms with van der Waals surface area (Å²) in [6, 6.07) is 2.73. The average molecular weight is 274 g/mol. The Labute approximate surface area is 122 Å². The first-order valence-electron chi connectivity index (χ1n) is 8.05. The van der Waals surface area contributed by atoms with Gasteiger partial charge in [-0.1, -0.05) is 19.3 Å². The van der Waals surface area contributed by atoms with E-state index >= 15 is 0 Å². The second-order valence-corrected chi connectivity index (χ2v) is 6.29. The van der Waals surface area contributed by atoms with Crippen LogP contribution in [0.2, 0.25) is 0 Å². The molecular formula is C16H26N4. The number of piperazine rings is 1. The highest BCUT2D eigenvalue weighted by Gasteiger charge is 2.27. The average Bonchev–Trinajstić information content (AvgIpc) is 2.48. The summed E-state index contributed by atoms with van der Waals surface area (Å²) in [5.74, 6) is 1.76. The Morgan fingerprint density at radius 3 is 2.95 bits per heavy atom. The largest absolute Gasteiger partial charge is 0.311 e. The maximum Gasteiger partial charge on any atom is 0.125 e. The van der Waals surface area contributed by atoms with Crippen LogP contribution in [-0.4, -0.2) is 40.5 Å². The molecule has 2 fully saturated rings. The smallest absolute Gasteiger partial charge is 0.125 e. The van der Waals surface area contributed by atoms with E-state index in [1.54, 1.807) is 0 Å². The van der Waals surface area contributed by atoms with Gasteiger partial charge in [-0.15, -0.1) is 0 Å². The van der Waals surface area contributed by atoms with Gasteiger partial charge in [-0.2, -0.15) is 0 Å². The fourth-order valence-electron chi connectivity index (χ4n) is 3.66. The van der Waals surface area contributed by atoms with Crippen LogP contribution in [0.5, 0.6) is 0 Å². The monoisotopic (exact) mass is 274 g/mol. The zero-order valence-corrected chi connectivity index (χ0v) is 12.5. The number of aryl methyl sites for hydroxylation is 1. The van der Waals surface area contributed by atoms with E-state index in [9.17, 15) is 0 Å². The van der Waals surface area contributed by atoms with Gasteiger partial charge in [0, 0.05) is 38.4 Å². The molecule has 1 unspecified atom stereocenters. The van der Waals surface area contributed by atoms with E-state index in [0.29, 0.717) is 6.04 Å². The van der Waals surface area contributed by atoms with Crippen LogP contribution < -0.4 is 5.32 Å². The lowest BCUT2D eigenvalue weighted by Crippen LogP contribution is -2.53. The molecule has 0 aromatic carbocycles. The van der Waals surface area contributed by atoms with Crippen molar-refractivity contribution in [3.05, 3.63) is 23.8 Å². The van der Waals surface area contributed by atoms with Crippen LogP contribution >= 0.6 is 0 Å². The first-order chi connectivity index (χ1) is 9.81. The molecule has 1 aromatic rings. The zero-order valence-electron chi connectivity index (χ0n) is 12.5. The highest BCUT2D eigenvalue weighted by Crippen LogP contribution is 2.27. The van der Waals surface area contributed by atoms with E-state index < -0.39 is 0 Å². The summed E-state index contributed by atoms with van der Waals surface area (Å²) in [5.41, 5.74) is 1.15. The van der Waals surface area contributed by atoms with Crippen molar-refractivity contribution in [3.63, 3.8) is 0 Å². The molecule has 1 N–H and O–H groups in total. The Hall–Kier alpha value is -1.00. The minimum atomic E-state index is 0.687. The number of nitrogens with one attached hydrogen (secondary N) is 1. The molecule has 2 heterocycles. The third-order valence-corrected chi connectivity index (χ3v) is 4.73. The first kappa shape index (κ1) is 14.0. The number of hydrogen-bond donors (Lipinski definition) is 1. The number of aromatic nitrogens is 2. The van der Waals surface area contributed by atoms with Gasteiger partial charge >= 0.3 is 0 Å². The molecule has 1 saturated heterocycles. The summed E-state index contributed by atoms with van der Waals surface area (Å²) in [4.78, 5) is 11.3. The summed E-state index contributed by atoms with van der Waals surface area (Å²) in [6.07, 6.45) is 8.99. The van der Waals surface area contributed by atoms with Gasteiger partial charge in [0.2, 0.25) is 0 Å². The highest BCUT2D eigenvalue weighted by atomic mass is 15.2. The Bertz CT molecular complexity index is 428. The molecule has 1 saturated carbocycles. The van der Waals surface area contributed by atoms with Gasteiger partial charge in [0.05, 0.1) is 5.69 Å². The Balaban J connectivity index is 1.57. The molecule has 0 spiro atoms. The molecular weight excluding hydrogens is 248 g/mol. The van der Waals surface area contributed by atoms with Gasteiger partial charge in [0.1, 0.15) is 5.82 Å². The lowest BCUT2D eigenvalue weighted by atomic mass is 9.83. The third kappa shape index (κ3) is 3.55.